The fourth-order valence-electron chi connectivity index (χ4n) is 5.60. The summed E-state index contributed by atoms with van der Waals surface area (Å²) in [6.07, 6.45) is 0. The number of hydrogen-bond donors (Lipinski definition) is 2. The van der Waals surface area contributed by atoms with Gasteiger partial charge >= 0.3 is 0 Å². The molecule has 0 radical (unpaired) electrons. The van der Waals surface area contributed by atoms with E-state index in [4.69, 9.17) is 5.73 Å². The van der Waals surface area contributed by atoms with Crippen molar-refractivity contribution in [3.05, 3.63) is 118 Å². The Bertz CT molecular complexity index is 1530. The first-order valence-corrected chi connectivity index (χ1v) is 11.7. The summed E-state index contributed by atoms with van der Waals surface area (Å²) in [6, 6.07) is 26.9. The number of nitriles is 1. The Labute approximate surface area is 208 Å². The topological polar surface area (TPSA) is 102 Å². The molecule has 3 aromatic rings. The first-order valence-electron chi connectivity index (χ1n) is 11.7. The molecule has 0 aromatic heterocycles. The van der Waals surface area contributed by atoms with E-state index in [9.17, 15) is 14.9 Å². The third kappa shape index (κ3) is 2.85. The van der Waals surface area contributed by atoms with Crippen molar-refractivity contribution < 1.29 is 9.59 Å². The predicted molar refractivity (Wildman–Crippen MR) is 136 cm³/mol. The number of nitrogens with zero attached hydrogens (tertiary/aromatic N) is 3. The van der Waals surface area contributed by atoms with Crippen molar-refractivity contribution in [1.82, 2.24) is 4.90 Å². The highest BCUT2D eigenvalue weighted by molar-refractivity contribution is 6.20. The zero-order valence-corrected chi connectivity index (χ0v) is 19.7. The van der Waals surface area contributed by atoms with Gasteiger partial charge in [0, 0.05) is 23.5 Å². The number of rotatable bonds is 3. The van der Waals surface area contributed by atoms with Crippen LogP contribution in [0.4, 0.5) is 11.4 Å². The van der Waals surface area contributed by atoms with Crippen LogP contribution < -0.4 is 16.0 Å². The minimum absolute atomic E-state index is 0.0573. The van der Waals surface area contributed by atoms with E-state index in [0.29, 0.717) is 23.5 Å². The minimum atomic E-state index is -1.61. The van der Waals surface area contributed by atoms with Crippen molar-refractivity contribution >= 4 is 23.2 Å². The van der Waals surface area contributed by atoms with Gasteiger partial charge in [-0.15, -0.1) is 0 Å². The summed E-state index contributed by atoms with van der Waals surface area (Å²) < 4.78 is 0. The quantitative estimate of drug-likeness (QED) is 0.604. The first kappa shape index (κ1) is 21.7. The van der Waals surface area contributed by atoms with Crippen LogP contribution in [0.3, 0.4) is 0 Å². The summed E-state index contributed by atoms with van der Waals surface area (Å²) in [7, 11) is 0. The third-order valence-electron chi connectivity index (χ3n) is 7.16. The molecule has 3 aromatic carbocycles. The van der Waals surface area contributed by atoms with Gasteiger partial charge in [-0.3, -0.25) is 14.5 Å². The summed E-state index contributed by atoms with van der Waals surface area (Å²) in [5.74, 6) is -0.557. The summed E-state index contributed by atoms with van der Waals surface area (Å²) in [5.41, 5.74) is 9.85. The molecule has 176 valence electrons. The highest BCUT2D eigenvalue weighted by Gasteiger charge is 2.62. The summed E-state index contributed by atoms with van der Waals surface area (Å²) in [4.78, 5) is 31.5. The Kier molecular flexibility index (Phi) is 4.73. The Morgan fingerprint density at radius 3 is 2.42 bits per heavy atom. The van der Waals surface area contributed by atoms with Gasteiger partial charge in [0.25, 0.3) is 5.91 Å². The number of amides is 2. The largest absolute Gasteiger partial charge is 0.384 e. The number of nitrogens with two attached hydrogens (primary N) is 1. The second-order valence-corrected chi connectivity index (χ2v) is 9.26. The zero-order valence-electron chi connectivity index (χ0n) is 19.7. The molecule has 3 heterocycles. The average molecular weight is 474 g/mol. The maximum absolute atomic E-state index is 14.2. The first-order chi connectivity index (χ1) is 17.5. The van der Waals surface area contributed by atoms with Crippen LogP contribution in [0.1, 0.15) is 16.7 Å². The van der Waals surface area contributed by atoms with Crippen LogP contribution in [-0.2, 0) is 21.5 Å². The van der Waals surface area contributed by atoms with Gasteiger partial charge in [-0.25, -0.2) is 0 Å². The number of nitrogens with one attached hydrogen (secondary N) is 1. The van der Waals surface area contributed by atoms with Crippen LogP contribution in [0, 0.1) is 18.3 Å². The van der Waals surface area contributed by atoms with Crippen molar-refractivity contribution in [3.63, 3.8) is 0 Å². The van der Waals surface area contributed by atoms with E-state index >= 15 is 0 Å². The van der Waals surface area contributed by atoms with Gasteiger partial charge in [-0.2, -0.15) is 5.26 Å². The SMILES string of the molecule is Cc1ccc2c(c1)C1(C(=O)N2)C(C#N)=C(N)N(c2ccccc2)C2=C1C(=O)N(Cc1ccccc1)C2. The maximum atomic E-state index is 14.2. The van der Waals surface area contributed by atoms with E-state index in [0.717, 1.165) is 16.8 Å². The molecule has 0 fully saturated rings. The third-order valence-corrected chi connectivity index (χ3v) is 7.16. The van der Waals surface area contributed by atoms with Crippen LogP contribution in [0.25, 0.3) is 0 Å². The van der Waals surface area contributed by atoms with Crippen molar-refractivity contribution in [2.45, 2.75) is 18.9 Å². The van der Waals surface area contributed by atoms with Gasteiger partial charge in [0.15, 0.2) is 0 Å². The van der Waals surface area contributed by atoms with Gasteiger partial charge in [-0.1, -0.05) is 66.2 Å². The van der Waals surface area contributed by atoms with Crippen LogP contribution >= 0.6 is 0 Å². The number of hydrogen-bond acceptors (Lipinski definition) is 5. The van der Waals surface area contributed by atoms with Crippen LogP contribution in [0.15, 0.2) is 102 Å². The number of benzene rings is 3. The van der Waals surface area contributed by atoms with Crippen molar-refractivity contribution in [1.29, 1.82) is 5.26 Å². The monoisotopic (exact) mass is 473 g/mol. The molecule has 3 aliphatic rings. The lowest BCUT2D eigenvalue weighted by Gasteiger charge is -2.39. The van der Waals surface area contributed by atoms with Crippen LogP contribution in [0.2, 0.25) is 0 Å². The molecule has 7 heteroatoms. The highest BCUT2D eigenvalue weighted by atomic mass is 16.2. The predicted octanol–water partition coefficient (Wildman–Crippen LogP) is 3.70. The van der Waals surface area contributed by atoms with E-state index in [-0.39, 0.29) is 29.4 Å². The normalized spacial score (nSPS) is 20.6. The molecule has 3 N–H and O–H groups in total. The molecule has 7 nitrogen and oxygen atoms in total. The number of fused-ring (bicyclic) bond motifs is 3. The molecular weight excluding hydrogens is 450 g/mol. The Morgan fingerprint density at radius 1 is 1.03 bits per heavy atom. The summed E-state index contributed by atoms with van der Waals surface area (Å²) in [5, 5.41) is 13.3. The number of anilines is 2. The molecule has 1 atom stereocenters. The fourth-order valence-corrected chi connectivity index (χ4v) is 5.60. The summed E-state index contributed by atoms with van der Waals surface area (Å²) >= 11 is 0. The fraction of sp³-hybridized carbons (Fsp3) is 0.138. The smallest absolute Gasteiger partial charge is 0.254 e. The summed E-state index contributed by atoms with van der Waals surface area (Å²) in [6.45, 7) is 2.55. The van der Waals surface area contributed by atoms with Gasteiger partial charge in [0.2, 0.25) is 5.91 Å². The molecule has 0 bridgehead atoms. The van der Waals surface area contributed by atoms with E-state index in [1.54, 1.807) is 9.80 Å². The molecule has 1 spiro atoms. The highest BCUT2D eigenvalue weighted by Crippen LogP contribution is 2.55. The Balaban J connectivity index is 1.61. The minimum Gasteiger partial charge on any atom is -0.384 e. The number of carbonyl (C=O) groups is 2. The van der Waals surface area contributed by atoms with E-state index in [1.165, 1.54) is 0 Å². The molecule has 0 saturated carbocycles. The van der Waals surface area contributed by atoms with Crippen molar-refractivity contribution in [2.24, 2.45) is 5.73 Å². The van der Waals surface area contributed by atoms with Gasteiger partial charge in [-0.05, 0) is 30.7 Å². The van der Waals surface area contributed by atoms with E-state index in [1.807, 2.05) is 85.8 Å². The zero-order chi connectivity index (χ0) is 25.0. The van der Waals surface area contributed by atoms with Crippen molar-refractivity contribution in [3.8, 4) is 6.07 Å². The Morgan fingerprint density at radius 2 is 1.72 bits per heavy atom. The molecule has 1 unspecified atom stereocenters. The van der Waals surface area contributed by atoms with Crippen LogP contribution in [0.5, 0.6) is 0 Å². The molecular formula is C29H23N5O2. The molecule has 6 rings (SSSR count). The number of aryl methyl sites for hydroxylation is 1. The standard InChI is InChI=1S/C29H23N5O2/c1-18-12-13-23-21(14-18)29(28(36)32-23)22(15-30)26(31)34(20-10-6-3-7-11-20)24-17-33(27(35)25(24)29)16-19-8-4-2-5-9-19/h2-14H,16-17,31H2,1H3,(H,32,36). The van der Waals surface area contributed by atoms with E-state index in [2.05, 4.69) is 11.4 Å². The maximum Gasteiger partial charge on any atom is 0.254 e. The average Bonchev–Trinajstić information content (AvgIpc) is 3.34. The molecule has 0 saturated heterocycles. The second kappa shape index (κ2) is 7.85. The molecule has 3 aliphatic heterocycles. The number of para-hydroxylation sites is 1. The van der Waals surface area contributed by atoms with Gasteiger partial charge in [0.1, 0.15) is 17.3 Å². The van der Waals surface area contributed by atoms with E-state index < -0.39 is 11.3 Å². The molecule has 0 aliphatic carbocycles. The molecule has 36 heavy (non-hydrogen) atoms. The lowest BCUT2D eigenvalue weighted by Crippen LogP contribution is -2.48. The van der Waals surface area contributed by atoms with Crippen LogP contribution in [-0.4, -0.2) is 23.3 Å². The lowest BCUT2D eigenvalue weighted by atomic mass is 9.67. The Hall–Kier alpha value is -4.83. The van der Waals surface area contributed by atoms with Gasteiger partial charge in [0.05, 0.1) is 23.4 Å². The second-order valence-electron chi connectivity index (χ2n) is 9.26. The lowest BCUT2D eigenvalue weighted by molar-refractivity contribution is -0.128. The number of carbonyl (C=O) groups excluding carboxylic acids is 2. The van der Waals surface area contributed by atoms with Crippen molar-refractivity contribution in [2.75, 3.05) is 16.8 Å². The molecule has 2 amide bonds. The van der Waals surface area contributed by atoms with Gasteiger partial charge < -0.3 is 16.0 Å².